The fraction of sp³-hybridized carbons (Fsp3) is 0.636. The highest BCUT2D eigenvalue weighted by molar-refractivity contribution is 5.47. The van der Waals surface area contributed by atoms with Gasteiger partial charge in [0.05, 0.1) is 11.5 Å². The number of nitrogens with zero attached hydrogens (tertiary/aromatic N) is 3. The third kappa shape index (κ3) is 2.66. The molecule has 1 saturated carbocycles. The summed E-state index contributed by atoms with van der Waals surface area (Å²) in [7, 11) is 0. The van der Waals surface area contributed by atoms with Crippen LogP contribution in [0.1, 0.15) is 31.4 Å². The Bertz CT molecular complexity index is 460. The van der Waals surface area contributed by atoms with Crippen LogP contribution in [0, 0.1) is 23.0 Å². The van der Waals surface area contributed by atoms with Gasteiger partial charge in [0.2, 0.25) is 5.95 Å². The third-order valence-corrected chi connectivity index (χ3v) is 3.22. The van der Waals surface area contributed by atoms with Gasteiger partial charge in [0, 0.05) is 0 Å². The van der Waals surface area contributed by atoms with Crippen molar-refractivity contribution in [3.8, 4) is 5.88 Å². The highest BCUT2D eigenvalue weighted by Crippen LogP contribution is 2.31. The van der Waals surface area contributed by atoms with Crippen LogP contribution in [0.4, 0.5) is 11.6 Å². The Kier molecular flexibility index (Phi) is 3.59. The molecule has 0 saturated heterocycles. The van der Waals surface area contributed by atoms with E-state index in [1.807, 2.05) is 0 Å². The predicted molar refractivity (Wildman–Crippen MR) is 65.3 cm³/mol. The van der Waals surface area contributed by atoms with Gasteiger partial charge in [-0.05, 0) is 19.3 Å². The minimum absolute atomic E-state index is 0.00301. The van der Waals surface area contributed by atoms with Gasteiger partial charge in [-0.15, -0.1) is 0 Å². The van der Waals surface area contributed by atoms with Gasteiger partial charge in [0.1, 0.15) is 5.69 Å². The molecule has 2 N–H and O–H groups in total. The lowest BCUT2D eigenvalue weighted by atomic mass is 9.83. The molecule has 0 atom stereocenters. The smallest absolute Gasteiger partial charge is 0.352 e. The Labute approximate surface area is 105 Å². The molecule has 98 valence electrons. The van der Waals surface area contributed by atoms with Gasteiger partial charge in [-0.1, -0.05) is 19.3 Å². The van der Waals surface area contributed by atoms with Crippen LogP contribution >= 0.6 is 0 Å². The summed E-state index contributed by atoms with van der Waals surface area (Å²) in [4.78, 5) is 18.0. The molecule has 2 rings (SSSR count). The fourth-order valence-electron chi connectivity index (χ4n) is 1.98. The van der Waals surface area contributed by atoms with Crippen LogP contribution < -0.4 is 10.5 Å². The van der Waals surface area contributed by atoms with Crippen molar-refractivity contribution in [2.45, 2.75) is 32.6 Å². The number of anilines is 1. The molecule has 0 unspecified atom stereocenters. The molecule has 18 heavy (non-hydrogen) atoms. The number of rotatable bonds is 5. The molecular formula is C11H16N4O3. The van der Waals surface area contributed by atoms with Crippen molar-refractivity contribution in [1.29, 1.82) is 0 Å². The quantitative estimate of drug-likeness (QED) is 0.633. The van der Waals surface area contributed by atoms with E-state index < -0.39 is 4.92 Å². The second-order valence-electron chi connectivity index (χ2n) is 4.51. The van der Waals surface area contributed by atoms with Crippen LogP contribution in [0.2, 0.25) is 0 Å². The van der Waals surface area contributed by atoms with Crippen molar-refractivity contribution in [2.24, 2.45) is 5.92 Å². The molecule has 0 aromatic carbocycles. The topological polar surface area (TPSA) is 104 Å². The average molecular weight is 252 g/mol. The molecule has 0 bridgehead atoms. The van der Waals surface area contributed by atoms with E-state index in [0.717, 1.165) is 6.42 Å². The Morgan fingerprint density at radius 3 is 2.78 bits per heavy atom. The molecule has 0 spiro atoms. The van der Waals surface area contributed by atoms with Crippen molar-refractivity contribution >= 4 is 11.6 Å². The first-order valence-electron chi connectivity index (χ1n) is 5.99. The lowest BCUT2D eigenvalue weighted by molar-refractivity contribution is -0.387. The summed E-state index contributed by atoms with van der Waals surface area (Å²) in [6.07, 6.45) is 4.61. The van der Waals surface area contributed by atoms with Crippen molar-refractivity contribution in [1.82, 2.24) is 9.97 Å². The summed E-state index contributed by atoms with van der Waals surface area (Å²) in [5.74, 6) is 0.658. The number of aryl methyl sites for hydroxylation is 1. The molecule has 0 amide bonds. The van der Waals surface area contributed by atoms with Crippen molar-refractivity contribution in [2.75, 3.05) is 12.3 Å². The van der Waals surface area contributed by atoms with Gasteiger partial charge in [0.15, 0.2) is 0 Å². The van der Waals surface area contributed by atoms with E-state index >= 15 is 0 Å². The number of hydrogen-bond acceptors (Lipinski definition) is 6. The normalized spacial score (nSPS) is 15.2. The Hall–Kier alpha value is -1.92. The van der Waals surface area contributed by atoms with Crippen LogP contribution in [-0.4, -0.2) is 21.5 Å². The average Bonchev–Trinajstić information content (AvgIpc) is 2.19. The molecule has 7 heteroatoms. The molecule has 1 aliphatic rings. The summed E-state index contributed by atoms with van der Waals surface area (Å²) in [6.45, 7) is 1.95. The summed E-state index contributed by atoms with van der Waals surface area (Å²) in [5.41, 5.74) is 5.50. The molecule has 1 aliphatic carbocycles. The largest absolute Gasteiger partial charge is 0.473 e. The zero-order valence-electron chi connectivity index (χ0n) is 10.3. The van der Waals surface area contributed by atoms with Crippen LogP contribution in [0.25, 0.3) is 0 Å². The van der Waals surface area contributed by atoms with E-state index in [1.54, 1.807) is 0 Å². The number of nitrogens with two attached hydrogens (primary N) is 1. The molecule has 1 fully saturated rings. The minimum Gasteiger partial charge on any atom is -0.473 e. The molecule has 0 radical (unpaired) electrons. The van der Waals surface area contributed by atoms with Gasteiger partial charge in [-0.2, -0.15) is 4.98 Å². The summed E-state index contributed by atoms with van der Waals surface area (Å²) >= 11 is 0. The molecule has 0 aliphatic heterocycles. The minimum atomic E-state index is -0.534. The van der Waals surface area contributed by atoms with Gasteiger partial charge >= 0.3 is 5.69 Å². The third-order valence-electron chi connectivity index (χ3n) is 3.22. The van der Waals surface area contributed by atoms with Crippen LogP contribution in [0.5, 0.6) is 5.88 Å². The first-order chi connectivity index (χ1) is 8.58. The number of hydrogen-bond donors (Lipinski definition) is 1. The zero-order chi connectivity index (χ0) is 13.1. The zero-order valence-corrected chi connectivity index (χ0v) is 10.3. The SMILES string of the molecule is Cc1nc(N)nc(OCCC2CCC2)c1[N+](=O)[O-]. The number of ether oxygens (including phenoxy) is 1. The van der Waals surface area contributed by atoms with Crippen molar-refractivity contribution < 1.29 is 9.66 Å². The van der Waals surface area contributed by atoms with E-state index in [2.05, 4.69) is 9.97 Å². The second kappa shape index (κ2) is 5.16. The highest BCUT2D eigenvalue weighted by Gasteiger charge is 2.24. The summed E-state index contributed by atoms with van der Waals surface area (Å²) < 4.78 is 5.39. The predicted octanol–water partition coefficient (Wildman–Crippen LogP) is 1.84. The molecular weight excluding hydrogens is 236 g/mol. The second-order valence-corrected chi connectivity index (χ2v) is 4.51. The first-order valence-corrected chi connectivity index (χ1v) is 5.99. The monoisotopic (exact) mass is 252 g/mol. The maximum Gasteiger partial charge on any atom is 0.352 e. The number of aromatic nitrogens is 2. The standard InChI is InChI=1S/C11H16N4O3/c1-7-9(15(16)17)10(14-11(12)13-7)18-6-5-8-3-2-4-8/h8H,2-6H2,1H3,(H2,12,13,14). The van der Waals surface area contributed by atoms with Crippen LogP contribution in [-0.2, 0) is 0 Å². The molecule has 7 nitrogen and oxygen atoms in total. The van der Waals surface area contributed by atoms with E-state index in [0.29, 0.717) is 12.5 Å². The molecule has 1 heterocycles. The van der Waals surface area contributed by atoms with Gasteiger partial charge < -0.3 is 10.5 Å². The Morgan fingerprint density at radius 1 is 1.50 bits per heavy atom. The van der Waals surface area contributed by atoms with Crippen LogP contribution in [0.3, 0.4) is 0 Å². The first kappa shape index (κ1) is 12.5. The van der Waals surface area contributed by atoms with E-state index in [-0.39, 0.29) is 23.2 Å². The van der Waals surface area contributed by atoms with Gasteiger partial charge in [-0.3, -0.25) is 10.1 Å². The molecule has 1 aromatic heterocycles. The maximum absolute atomic E-state index is 10.9. The van der Waals surface area contributed by atoms with Crippen molar-refractivity contribution in [3.63, 3.8) is 0 Å². The van der Waals surface area contributed by atoms with Crippen LogP contribution in [0.15, 0.2) is 0 Å². The fourth-order valence-corrected chi connectivity index (χ4v) is 1.98. The Morgan fingerprint density at radius 2 is 2.22 bits per heavy atom. The van der Waals surface area contributed by atoms with E-state index in [4.69, 9.17) is 10.5 Å². The van der Waals surface area contributed by atoms with Gasteiger partial charge in [-0.25, -0.2) is 4.98 Å². The lowest BCUT2D eigenvalue weighted by Crippen LogP contribution is -2.15. The van der Waals surface area contributed by atoms with Crippen molar-refractivity contribution in [3.05, 3.63) is 15.8 Å². The Balaban J connectivity index is 2.07. The highest BCUT2D eigenvalue weighted by atomic mass is 16.6. The van der Waals surface area contributed by atoms with E-state index in [9.17, 15) is 10.1 Å². The number of nitrogen functional groups attached to an aromatic ring is 1. The number of nitro groups is 1. The lowest BCUT2D eigenvalue weighted by Gasteiger charge is -2.24. The van der Waals surface area contributed by atoms with Gasteiger partial charge in [0.25, 0.3) is 5.88 Å². The van der Waals surface area contributed by atoms with E-state index in [1.165, 1.54) is 26.2 Å². The molecule has 1 aromatic rings. The summed E-state index contributed by atoms with van der Waals surface area (Å²) in [6, 6.07) is 0. The summed E-state index contributed by atoms with van der Waals surface area (Å²) in [5, 5.41) is 10.9. The maximum atomic E-state index is 10.9.